The summed E-state index contributed by atoms with van der Waals surface area (Å²) in [6, 6.07) is 15.1. The fourth-order valence-corrected chi connectivity index (χ4v) is 4.53. The SMILES string of the molecule is COCCC(NC(=O)OCC1c2ccccc2-c2ccccc21)C(=O)NC1CC(C(=O)O)C1. The number of ether oxygens (including phenoxy) is 2. The first-order valence-corrected chi connectivity index (χ1v) is 11.1. The Morgan fingerprint density at radius 3 is 2.21 bits per heavy atom. The van der Waals surface area contributed by atoms with E-state index in [0.717, 1.165) is 22.3 Å². The van der Waals surface area contributed by atoms with Crippen LogP contribution in [0.1, 0.15) is 36.3 Å². The first-order chi connectivity index (χ1) is 16.0. The molecule has 1 unspecified atom stereocenters. The Morgan fingerprint density at radius 2 is 1.64 bits per heavy atom. The predicted octanol–water partition coefficient (Wildman–Crippen LogP) is 2.91. The van der Waals surface area contributed by atoms with E-state index in [-0.39, 0.29) is 37.5 Å². The van der Waals surface area contributed by atoms with Gasteiger partial charge in [-0.2, -0.15) is 0 Å². The number of alkyl carbamates (subject to hydrolysis) is 1. The van der Waals surface area contributed by atoms with Gasteiger partial charge in [-0.25, -0.2) is 4.79 Å². The molecule has 1 atom stereocenters. The number of carboxylic acids is 1. The fourth-order valence-electron chi connectivity index (χ4n) is 4.53. The van der Waals surface area contributed by atoms with E-state index in [1.54, 1.807) is 0 Å². The van der Waals surface area contributed by atoms with Crippen molar-refractivity contribution in [3.8, 4) is 11.1 Å². The summed E-state index contributed by atoms with van der Waals surface area (Å²) < 4.78 is 10.6. The van der Waals surface area contributed by atoms with Gasteiger partial charge in [0.2, 0.25) is 5.91 Å². The summed E-state index contributed by atoms with van der Waals surface area (Å²) in [6.07, 6.45) is 0.387. The molecule has 2 amide bonds. The van der Waals surface area contributed by atoms with Crippen LogP contribution in [0.25, 0.3) is 11.1 Å². The minimum absolute atomic E-state index is 0.0719. The minimum atomic E-state index is -0.854. The van der Waals surface area contributed by atoms with Gasteiger partial charge >= 0.3 is 12.1 Å². The molecule has 8 nitrogen and oxygen atoms in total. The number of benzene rings is 2. The first kappa shape index (κ1) is 22.8. The molecule has 33 heavy (non-hydrogen) atoms. The van der Waals surface area contributed by atoms with Crippen LogP contribution < -0.4 is 10.6 Å². The number of amides is 2. The van der Waals surface area contributed by atoms with Crippen molar-refractivity contribution in [2.75, 3.05) is 20.3 Å². The third-order valence-electron chi connectivity index (χ3n) is 6.40. The number of hydrogen-bond donors (Lipinski definition) is 3. The lowest BCUT2D eigenvalue weighted by molar-refractivity contribution is -0.146. The Hall–Kier alpha value is -3.39. The molecular weight excluding hydrogens is 424 g/mol. The zero-order valence-corrected chi connectivity index (χ0v) is 18.5. The molecule has 2 aromatic carbocycles. The van der Waals surface area contributed by atoms with Gasteiger partial charge in [0.05, 0.1) is 5.92 Å². The van der Waals surface area contributed by atoms with Crippen molar-refractivity contribution in [1.29, 1.82) is 0 Å². The van der Waals surface area contributed by atoms with E-state index >= 15 is 0 Å². The van der Waals surface area contributed by atoms with Crippen LogP contribution in [0.5, 0.6) is 0 Å². The quantitative estimate of drug-likeness (QED) is 0.539. The third-order valence-corrected chi connectivity index (χ3v) is 6.40. The van der Waals surface area contributed by atoms with Crippen molar-refractivity contribution in [3.05, 3.63) is 59.7 Å². The number of methoxy groups -OCH3 is 1. The van der Waals surface area contributed by atoms with Gasteiger partial charge in [-0.15, -0.1) is 0 Å². The van der Waals surface area contributed by atoms with E-state index in [1.807, 2.05) is 36.4 Å². The maximum absolute atomic E-state index is 12.7. The fraction of sp³-hybridized carbons (Fsp3) is 0.400. The number of fused-ring (bicyclic) bond motifs is 3. The van der Waals surface area contributed by atoms with Crippen LogP contribution >= 0.6 is 0 Å². The number of carbonyl (C=O) groups excluding carboxylic acids is 2. The Morgan fingerprint density at radius 1 is 1.03 bits per heavy atom. The standard InChI is InChI=1S/C25H28N2O6/c1-32-11-10-22(23(28)26-16-12-15(13-16)24(29)30)27-25(31)33-14-21-19-8-4-2-6-17(19)18-7-3-5-9-20(18)21/h2-9,15-16,21-22H,10-14H2,1H3,(H,26,28)(H,27,31)(H,29,30). The Bertz CT molecular complexity index is 988. The molecule has 3 N–H and O–H groups in total. The molecule has 0 spiro atoms. The number of carboxylic acid groups (broad SMARTS) is 1. The van der Waals surface area contributed by atoms with Gasteiger partial charge in [0.25, 0.3) is 0 Å². The average Bonchev–Trinajstić information content (AvgIpc) is 3.10. The number of nitrogens with one attached hydrogen (secondary N) is 2. The van der Waals surface area contributed by atoms with Crippen LogP contribution in [-0.4, -0.2) is 55.5 Å². The average molecular weight is 453 g/mol. The molecule has 2 aliphatic carbocycles. The topological polar surface area (TPSA) is 114 Å². The third kappa shape index (κ3) is 5.01. The van der Waals surface area contributed by atoms with Crippen LogP contribution in [0.3, 0.4) is 0 Å². The minimum Gasteiger partial charge on any atom is -0.481 e. The highest BCUT2D eigenvalue weighted by atomic mass is 16.5. The summed E-state index contributed by atoms with van der Waals surface area (Å²) in [5.41, 5.74) is 4.50. The van der Waals surface area contributed by atoms with E-state index in [2.05, 4.69) is 22.8 Å². The Balaban J connectivity index is 1.35. The van der Waals surface area contributed by atoms with Gasteiger partial charge in [0.1, 0.15) is 12.6 Å². The van der Waals surface area contributed by atoms with Crippen molar-refractivity contribution in [2.45, 2.75) is 37.3 Å². The predicted molar refractivity (Wildman–Crippen MR) is 121 cm³/mol. The molecule has 0 bridgehead atoms. The molecule has 0 aliphatic heterocycles. The second-order valence-corrected chi connectivity index (χ2v) is 8.52. The summed E-state index contributed by atoms with van der Waals surface area (Å²) in [7, 11) is 1.52. The van der Waals surface area contributed by atoms with E-state index < -0.39 is 24.0 Å². The zero-order valence-electron chi connectivity index (χ0n) is 18.5. The maximum Gasteiger partial charge on any atom is 0.407 e. The van der Waals surface area contributed by atoms with Gasteiger partial charge in [-0.05, 0) is 35.1 Å². The van der Waals surface area contributed by atoms with Crippen LogP contribution in [0.4, 0.5) is 4.79 Å². The summed E-state index contributed by atoms with van der Waals surface area (Å²) in [6.45, 7) is 0.436. The molecule has 0 radical (unpaired) electrons. The van der Waals surface area contributed by atoms with Crippen LogP contribution in [0.15, 0.2) is 48.5 Å². The van der Waals surface area contributed by atoms with Gasteiger partial charge < -0.3 is 25.2 Å². The molecule has 2 aliphatic rings. The molecule has 0 aromatic heterocycles. The highest BCUT2D eigenvalue weighted by Crippen LogP contribution is 2.44. The lowest BCUT2D eigenvalue weighted by Gasteiger charge is -2.34. The summed E-state index contributed by atoms with van der Waals surface area (Å²) in [5, 5.41) is 14.5. The lowest BCUT2D eigenvalue weighted by atomic mass is 9.80. The van der Waals surface area contributed by atoms with Crippen LogP contribution in [0.2, 0.25) is 0 Å². The summed E-state index contributed by atoms with van der Waals surface area (Å²) in [4.78, 5) is 36.2. The van der Waals surface area contributed by atoms with Gasteiger partial charge in [-0.1, -0.05) is 48.5 Å². The summed E-state index contributed by atoms with van der Waals surface area (Å²) >= 11 is 0. The van der Waals surface area contributed by atoms with Crippen molar-refractivity contribution < 1.29 is 29.0 Å². The molecule has 0 heterocycles. The van der Waals surface area contributed by atoms with Crippen molar-refractivity contribution in [1.82, 2.24) is 10.6 Å². The second-order valence-electron chi connectivity index (χ2n) is 8.52. The van der Waals surface area contributed by atoms with E-state index in [4.69, 9.17) is 14.6 Å². The van der Waals surface area contributed by atoms with Crippen LogP contribution in [0, 0.1) is 5.92 Å². The lowest BCUT2D eigenvalue weighted by Crippen LogP contribution is -2.54. The molecule has 174 valence electrons. The normalized spacial score (nSPS) is 19.5. The largest absolute Gasteiger partial charge is 0.481 e. The molecule has 4 rings (SSSR count). The molecule has 1 fully saturated rings. The number of aliphatic carboxylic acids is 1. The molecule has 2 aromatic rings. The number of rotatable bonds is 9. The van der Waals surface area contributed by atoms with E-state index in [9.17, 15) is 14.4 Å². The number of carbonyl (C=O) groups is 3. The van der Waals surface area contributed by atoms with Crippen molar-refractivity contribution in [2.24, 2.45) is 5.92 Å². The number of hydrogen-bond acceptors (Lipinski definition) is 5. The molecule has 1 saturated carbocycles. The van der Waals surface area contributed by atoms with Crippen molar-refractivity contribution in [3.63, 3.8) is 0 Å². The highest BCUT2D eigenvalue weighted by Gasteiger charge is 2.36. The Labute approximate surface area is 192 Å². The maximum atomic E-state index is 12.7. The molecule has 0 saturated heterocycles. The molecular formula is C25H28N2O6. The molecule has 8 heteroatoms. The highest BCUT2D eigenvalue weighted by molar-refractivity contribution is 5.86. The van der Waals surface area contributed by atoms with E-state index in [1.165, 1.54) is 7.11 Å². The van der Waals surface area contributed by atoms with Gasteiger partial charge in [-0.3, -0.25) is 9.59 Å². The summed E-state index contributed by atoms with van der Waals surface area (Å²) in [5.74, 6) is -1.72. The van der Waals surface area contributed by atoms with Gasteiger partial charge in [0.15, 0.2) is 0 Å². The first-order valence-electron chi connectivity index (χ1n) is 11.1. The second kappa shape index (κ2) is 10.0. The zero-order chi connectivity index (χ0) is 23.4. The van der Waals surface area contributed by atoms with Crippen LogP contribution in [-0.2, 0) is 19.1 Å². The van der Waals surface area contributed by atoms with E-state index in [0.29, 0.717) is 12.8 Å². The smallest absolute Gasteiger partial charge is 0.407 e. The van der Waals surface area contributed by atoms with Crippen molar-refractivity contribution >= 4 is 18.0 Å². The van der Waals surface area contributed by atoms with Gasteiger partial charge in [0, 0.05) is 32.1 Å². The Kier molecular flexibility index (Phi) is 6.93. The monoisotopic (exact) mass is 452 g/mol.